The van der Waals surface area contributed by atoms with Crippen molar-refractivity contribution in [2.24, 2.45) is 5.73 Å². The van der Waals surface area contributed by atoms with Crippen LogP contribution in [0.3, 0.4) is 0 Å². The summed E-state index contributed by atoms with van der Waals surface area (Å²) in [4.78, 5) is 17.3. The van der Waals surface area contributed by atoms with Crippen LogP contribution in [0.5, 0.6) is 0 Å². The average molecular weight is 277 g/mol. The third-order valence-electron chi connectivity index (χ3n) is 2.14. The minimum Gasteiger partial charge on any atom is -0.346 e. The molecular formula is C12H11N3OS2. The predicted octanol–water partition coefficient (Wildman–Crippen LogP) is 1.44. The van der Waals surface area contributed by atoms with Gasteiger partial charge >= 0.3 is 0 Å². The molecule has 4 nitrogen and oxygen atoms in total. The van der Waals surface area contributed by atoms with Crippen molar-refractivity contribution >= 4 is 28.6 Å². The van der Waals surface area contributed by atoms with E-state index in [-0.39, 0.29) is 5.91 Å². The summed E-state index contributed by atoms with van der Waals surface area (Å²) in [6.45, 7) is 0.811. The highest BCUT2D eigenvalue weighted by Gasteiger charge is 2.08. The molecule has 92 valence electrons. The van der Waals surface area contributed by atoms with Crippen LogP contribution < -0.4 is 11.1 Å². The maximum atomic E-state index is 11.7. The van der Waals surface area contributed by atoms with Crippen molar-refractivity contribution < 1.29 is 4.79 Å². The molecule has 2 aromatic heterocycles. The first kappa shape index (κ1) is 12.8. The zero-order valence-electron chi connectivity index (χ0n) is 9.47. The largest absolute Gasteiger partial charge is 0.346 e. The smallest absolute Gasteiger partial charge is 0.263 e. The Morgan fingerprint density at radius 1 is 1.50 bits per heavy atom. The van der Waals surface area contributed by atoms with Crippen molar-refractivity contribution in [3.63, 3.8) is 0 Å². The number of hydrogen-bond donors (Lipinski definition) is 2. The van der Waals surface area contributed by atoms with Crippen LogP contribution >= 0.6 is 22.7 Å². The summed E-state index contributed by atoms with van der Waals surface area (Å²) in [7, 11) is 0. The lowest BCUT2D eigenvalue weighted by Gasteiger charge is -2.01. The molecule has 1 amide bonds. The van der Waals surface area contributed by atoms with Gasteiger partial charge in [0.05, 0.1) is 24.8 Å². The van der Waals surface area contributed by atoms with Crippen LogP contribution in [0.2, 0.25) is 0 Å². The Balaban J connectivity index is 1.98. The average Bonchev–Trinajstić information content (AvgIpc) is 3.04. The number of amides is 1. The van der Waals surface area contributed by atoms with Gasteiger partial charge in [0.15, 0.2) is 0 Å². The molecule has 0 aromatic carbocycles. The highest BCUT2D eigenvalue weighted by molar-refractivity contribution is 7.11. The van der Waals surface area contributed by atoms with Crippen molar-refractivity contribution in [1.29, 1.82) is 0 Å². The van der Waals surface area contributed by atoms with E-state index in [4.69, 9.17) is 5.73 Å². The van der Waals surface area contributed by atoms with Crippen LogP contribution in [0.4, 0.5) is 0 Å². The Morgan fingerprint density at radius 2 is 2.39 bits per heavy atom. The van der Waals surface area contributed by atoms with E-state index >= 15 is 0 Å². The van der Waals surface area contributed by atoms with Crippen molar-refractivity contribution in [1.82, 2.24) is 10.3 Å². The Kier molecular flexibility index (Phi) is 4.47. The minimum absolute atomic E-state index is 0.108. The molecule has 2 heterocycles. The van der Waals surface area contributed by atoms with Gasteiger partial charge in [-0.1, -0.05) is 11.8 Å². The monoisotopic (exact) mass is 277 g/mol. The zero-order valence-corrected chi connectivity index (χ0v) is 11.1. The molecule has 2 aromatic rings. The van der Waals surface area contributed by atoms with Crippen molar-refractivity contribution in [2.75, 3.05) is 6.54 Å². The van der Waals surface area contributed by atoms with E-state index in [1.165, 1.54) is 11.3 Å². The summed E-state index contributed by atoms with van der Waals surface area (Å²) in [5, 5.41) is 4.80. The lowest BCUT2D eigenvalue weighted by molar-refractivity contribution is 0.0955. The van der Waals surface area contributed by atoms with Gasteiger partial charge in [0.25, 0.3) is 5.91 Å². The Labute approximate surface area is 113 Å². The van der Waals surface area contributed by atoms with E-state index in [0.717, 1.165) is 10.4 Å². The maximum absolute atomic E-state index is 11.7. The van der Waals surface area contributed by atoms with E-state index in [0.29, 0.717) is 18.0 Å². The van der Waals surface area contributed by atoms with Gasteiger partial charge in [0.1, 0.15) is 4.88 Å². The van der Waals surface area contributed by atoms with Crippen molar-refractivity contribution in [2.45, 2.75) is 6.54 Å². The Bertz CT molecular complexity index is 578. The first-order chi connectivity index (χ1) is 8.81. The molecule has 0 saturated carbocycles. The Morgan fingerprint density at radius 3 is 3.11 bits per heavy atom. The Hall–Kier alpha value is -1.68. The van der Waals surface area contributed by atoms with E-state index in [9.17, 15) is 4.79 Å². The van der Waals surface area contributed by atoms with Crippen molar-refractivity contribution in [3.8, 4) is 11.8 Å². The quantitative estimate of drug-likeness (QED) is 0.834. The van der Waals surface area contributed by atoms with E-state index < -0.39 is 0 Å². The van der Waals surface area contributed by atoms with E-state index in [1.807, 2.05) is 11.4 Å². The zero-order chi connectivity index (χ0) is 12.8. The summed E-state index contributed by atoms with van der Waals surface area (Å²) >= 11 is 2.89. The fourth-order valence-corrected chi connectivity index (χ4v) is 2.62. The van der Waals surface area contributed by atoms with Crippen molar-refractivity contribution in [3.05, 3.63) is 38.5 Å². The predicted molar refractivity (Wildman–Crippen MR) is 73.5 cm³/mol. The van der Waals surface area contributed by atoms with Gasteiger partial charge in [-0.05, 0) is 11.4 Å². The van der Waals surface area contributed by atoms with Gasteiger partial charge in [-0.15, -0.1) is 22.7 Å². The topological polar surface area (TPSA) is 68.0 Å². The lowest BCUT2D eigenvalue weighted by atomic mass is 10.2. The first-order valence-corrected chi connectivity index (χ1v) is 6.99. The van der Waals surface area contributed by atoms with Gasteiger partial charge < -0.3 is 11.1 Å². The molecule has 0 unspecified atom stereocenters. The van der Waals surface area contributed by atoms with Crippen LogP contribution in [0.25, 0.3) is 0 Å². The summed E-state index contributed by atoms with van der Waals surface area (Å²) in [5.74, 6) is 5.69. The third-order valence-corrected chi connectivity index (χ3v) is 3.83. The second-order valence-corrected chi connectivity index (χ2v) is 5.20. The van der Waals surface area contributed by atoms with Gasteiger partial charge in [0.2, 0.25) is 0 Å². The molecule has 0 radical (unpaired) electrons. The van der Waals surface area contributed by atoms with Crippen LogP contribution in [0.15, 0.2) is 23.2 Å². The summed E-state index contributed by atoms with van der Waals surface area (Å²) < 4.78 is 0. The lowest BCUT2D eigenvalue weighted by Crippen LogP contribution is -2.21. The minimum atomic E-state index is -0.108. The molecule has 0 spiro atoms. The number of hydrogen-bond acceptors (Lipinski definition) is 5. The molecule has 6 heteroatoms. The summed E-state index contributed by atoms with van der Waals surface area (Å²) in [6.07, 6.45) is 1.56. The highest BCUT2D eigenvalue weighted by atomic mass is 32.1. The van der Waals surface area contributed by atoms with Crippen LogP contribution in [-0.2, 0) is 6.54 Å². The number of carbonyl (C=O) groups excluding carboxylic acids is 1. The second kappa shape index (κ2) is 6.31. The molecule has 0 atom stereocenters. The fourth-order valence-electron chi connectivity index (χ4n) is 1.31. The molecule has 0 aliphatic rings. The van der Waals surface area contributed by atoms with Gasteiger partial charge in [-0.25, -0.2) is 0 Å². The summed E-state index contributed by atoms with van der Waals surface area (Å²) in [6, 6.07) is 1.93. The normalized spacial score (nSPS) is 9.61. The van der Waals surface area contributed by atoms with Crippen LogP contribution in [-0.4, -0.2) is 17.4 Å². The molecule has 3 N–H and O–H groups in total. The maximum Gasteiger partial charge on any atom is 0.263 e. The number of thiazole rings is 1. The number of nitrogens with two attached hydrogens (primary N) is 1. The van der Waals surface area contributed by atoms with Gasteiger partial charge in [-0.2, -0.15) is 0 Å². The fraction of sp³-hybridized carbons (Fsp3) is 0.167. The highest BCUT2D eigenvalue weighted by Crippen LogP contribution is 2.15. The molecule has 0 saturated heterocycles. The molecule has 0 fully saturated rings. The number of thiophene rings is 1. The first-order valence-electron chi connectivity index (χ1n) is 5.23. The molecule has 2 rings (SSSR count). The van der Waals surface area contributed by atoms with Gasteiger partial charge in [0, 0.05) is 10.4 Å². The molecule has 0 aliphatic carbocycles. The van der Waals surface area contributed by atoms with Crippen LogP contribution in [0, 0.1) is 11.8 Å². The molecule has 0 aliphatic heterocycles. The second-order valence-electron chi connectivity index (χ2n) is 3.31. The third kappa shape index (κ3) is 3.17. The number of rotatable bonds is 3. The number of carbonyl (C=O) groups is 1. The standard InChI is InChI=1S/C12H11N3OS2/c13-4-1-2-9-3-5-17-10(9)7-15-12(16)11-6-14-8-18-11/h3,5-6,8H,4,7,13H2,(H,15,16). The molecule has 0 bridgehead atoms. The SMILES string of the molecule is NCC#Cc1ccsc1CNC(=O)c1cncs1. The summed E-state index contributed by atoms with van der Waals surface area (Å²) in [5.41, 5.74) is 7.90. The molecule has 18 heavy (non-hydrogen) atoms. The number of nitrogens with zero attached hydrogens (tertiary/aromatic N) is 1. The number of aromatic nitrogens is 1. The van der Waals surface area contributed by atoms with E-state index in [1.54, 1.807) is 23.0 Å². The molecular weight excluding hydrogens is 266 g/mol. The number of nitrogens with one attached hydrogen (secondary N) is 1. The van der Waals surface area contributed by atoms with E-state index in [2.05, 4.69) is 22.1 Å². The van der Waals surface area contributed by atoms with Gasteiger partial charge in [-0.3, -0.25) is 9.78 Å². The van der Waals surface area contributed by atoms with Crippen LogP contribution in [0.1, 0.15) is 20.1 Å².